The van der Waals surface area contributed by atoms with E-state index in [0.717, 1.165) is 17.9 Å². The fraction of sp³-hybridized carbons (Fsp3) is 0.348. The lowest BCUT2D eigenvalue weighted by molar-refractivity contribution is 0.0885. The van der Waals surface area contributed by atoms with Gasteiger partial charge in [0.2, 0.25) is 11.2 Å². The maximum atomic E-state index is 13.3. The Balaban J connectivity index is 1.58. The Hall–Kier alpha value is -2.99. The number of rotatable bonds is 5. The van der Waals surface area contributed by atoms with Crippen LogP contribution in [0.15, 0.2) is 45.6 Å². The molecule has 0 spiro atoms. The molecule has 2 heterocycles. The summed E-state index contributed by atoms with van der Waals surface area (Å²) in [5.41, 5.74) is 1.32. The lowest BCUT2D eigenvalue weighted by atomic mass is 10.1. The van der Waals surface area contributed by atoms with Gasteiger partial charge in [0, 0.05) is 12.6 Å². The fourth-order valence-electron chi connectivity index (χ4n) is 3.78. The normalized spacial score (nSPS) is 16.3. The largest absolute Gasteiger partial charge is 0.490 e. The van der Waals surface area contributed by atoms with Crippen LogP contribution >= 0.6 is 0 Å². The molecule has 1 aliphatic heterocycles. The van der Waals surface area contributed by atoms with E-state index in [1.54, 1.807) is 19.1 Å². The van der Waals surface area contributed by atoms with Crippen LogP contribution in [0.5, 0.6) is 23.0 Å². The monoisotopic (exact) mass is 393 g/mol. The van der Waals surface area contributed by atoms with Gasteiger partial charge in [0.05, 0.1) is 17.6 Å². The van der Waals surface area contributed by atoms with Crippen LogP contribution in [0, 0.1) is 6.92 Å². The minimum Gasteiger partial charge on any atom is -0.490 e. The van der Waals surface area contributed by atoms with Gasteiger partial charge in [0.15, 0.2) is 11.5 Å². The van der Waals surface area contributed by atoms with Gasteiger partial charge in [-0.2, -0.15) is 0 Å². The lowest BCUT2D eigenvalue weighted by Gasteiger charge is -2.29. The molecule has 6 nitrogen and oxygen atoms in total. The zero-order chi connectivity index (χ0) is 20.0. The summed E-state index contributed by atoms with van der Waals surface area (Å²) in [5, 5.41) is 0.500. The molecule has 1 fully saturated rings. The lowest BCUT2D eigenvalue weighted by Crippen LogP contribution is -2.33. The van der Waals surface area contributed by atoms with Crippen LogP contribution < -0.4 is 19.6 Å². The van der Waals surface area contributed by atoms with Gasteiger partial charge in [-0.3, -0.25) is 9.69 Å². The zero-order valence-electron chi connectivity index (χ0n) is 16.6. The molecular weight excluding hydrogens is 370 g/mol. The molecule has 0 unspecified atom stereocenters. The first-order valence-corrected chi connectivity index (χ1v) is 10.0. The predicted molar refractivity (Wildman–Crippen MR) is 109 cm³/mol. The molecule has 5 rings (SSSR count). The Morgan fingerprint density at radius 2 is 1.93 bits per heavy atom. The molecular formula is C23H23NO5. The van der Waals surface area contributed by atoms with Crippen molar-refractivity contribution in [1.82, 2.24) is 4.90 Å². The molecule has 1 aromatic heterocycles. The first-order valence-electron chi connectivity index (χ1n) is 10.0. The van der Waals surface area contributed by atoms with E-state index in [9.17, 15) is 4.79 Å². The number of ether oxygens (including phenoxy) is 3. The van der Waals surface area contributed by atoms with Crippen molar-refractivity contribution in [3.05, 3.63) is 57.9 Å². The van der Waals surface area contributed by atoms with E-state index in [-0.39, 0.29) is 11.2 Å². The first kappa shape index (κ1) is 18.1. The summed E-state index contributed by atoms with van der Waals surface area (Å²) >= 11 is 0. The molecule has 0 N–H and O–H groups in total. The highest BCUT2D eigenvalue weighted by Crippen LogP contribution is 2.38. The highest BCUT2D eigenvalue weighted by molar-refractivity contribution is 5.83. The van der Waals surface area contributed by atoms with E-state index in [1.165, 1.54) is 12.8 Å². The molecule has 0 amide bonds. The Bertz CT molecular complexity index is 1130. The quantitative estimate of drug-likeness (QED) is 0.631. The molecule has 29 heavy (non-hydrogen) atoms. The smallest absolute Gasteiger partial charge is 0.235 e. The third-order valence-electron chi connectivity index (χ3n) is 5.41. The Morgan fingerprint density at radius 1 is 1.14 bits per heavy atom. The number of para-hydroxylation sites is 2. The standard InChI is InChI=1S/C23H23NO5/c1-3-26-19-6-4-5-7-20(19)29-22-14(2)28-23-16(21(22)25)10-11-18-17(23)12-24(13-27-18)15-8-9-15/h4-7,10-11,15H,3,8-9,12-13H2,1-2H3. The molecule has 1 saturated carbocycles. The third kappa shape index (κ3) is 3.23. The highest BCUT2D eigenvalue weighted by Gasteiger charge is 2.33. The molecule has 0 radical (unpaired) electrons. The number of benzene rings is 2. The van der Waals surface area contributed by atoms with Crippen molar-refractivity contribution in [3.8, 4) is 23.0 Å². The van der Waals surface area contributed by atoms with Crippen molar-refractivity contribution in [2.24, 2.45) is 0 Å². The Morgan fingerprint density at radius 3 is 2.69 bits per heavy atom. The van der Waals surface area contributed by atoms with Gasteiger partial charge in [0.1, 0.15) is 23.8 Å². The van der Waals surface area contributed by atoms with Gasteiger partial charge >= 0.3 is 0 Å². The number of aryl methyl sites for hydroxylation is 1. The van der Waals surface area contributed by atoms with Crippen LogP contribution in [0.2, 0.25) is 0 Å². The van der Waals surface area contributed by atoms with E-state index >= 15 is 0 Å². The van der Waals surface area contributed by atoms with E-state index < -0.39 is 0 Å². The van der Waals surface area contributed by atoms with Crippen molar-refractivity contribution < 1.29 is 18.6 Å². The molecule has 2 aliphatic rings. The van der Waals surface area contributed by atoms with Crippen LogP contribution in [-0.4, -0.2) is 24.3 Å². The topological polar surface area (TPSA) is 61.1 Å². The van der Waals surface area contributed by atoms with Gasteiger partial charge < -0.3 is 18.6 Å². The molecule has 3 aromatic rings. The van der Waals surface area contributed by atoms with Gasteiger partial charge in [-0.05, 0) is 51.0 Å². The number of hydrogen-bond acceptors (Lipinski definition) is 6. The molecule has 1 aliphatic carbocycles. The number of fused-ring (bicyclic) bond motifs is 3. The molecule has 0 atom stereocenters. The van der Waals surface area contributed by atoms with Crippen LogP contribution in [0.1, 0.15) is 31.1 Å². The van der Waals surface area contributed by atoms with Gasteiger partial charge in [-0.25, -0.2) is 0 Å². The summed E-state index contributed by atoms with van der Waals surface area (Å²) in [6, 6.07) is 11.5. The summed E-state index contributed by atoms with van der Waals surface area (Å²) in [5.74, 6) is 2.48. The van der Waals surface area contributed by atoms with Gasteiger partial charge in [-0.15, -0.1) is 0 Å². The van der Waals surface area contributed by atoms with Crippen molar-refractivity contribution >= 4 is 11.0 Å². The van der Waals surface area contributed by atoms with E-state index in [2.05, 4.69) is 4.90 Å². The second-order valence-corrected chi connectivity index (χ2v) is 7.47. The van der Waals surface area contributed by atoms with E-state index in [0.29, 0.717) is 47.6 Å². The minimum absolute atomic E-state index is 0.181. The second kappa shape index (κ2) is 7.12. The summed E-state index contributed by atoms with van der Waals surface area (Å²) in [6.45, 7) is 5.48. The van der Waals surface area contributed by atoms with E-state index in [4.69, 9.17) is 18.6 Å². The van der Waals surface area contributed by atoms with Crippen LogP contribution in [0.25, 0.3) is 11.0 Å². The van der Waals surface area contributed by atoms with E-state index in [1.807, 2.05) is 31.2 Å². The van der Waals surface area contributed by atoms with Crippen molar-refractivity contribution in [3.63, 3.8) is 0 Å². The summed E-state index contributed by atoms with van der Waals surface area (Å²) < 4.78 is 23.6. The first-order chi connectivity index (χ1) is 14.2. The van der Waals surface area contributed by atoms with Crippen molar-refractivity contribution in [1.29, 1.82) is 0 Å². The summed E-state index contributed by atoms with van der Waals surface area (Å²) in [4.78, 5) is 15.5. The fourth-order valence-corrected chi connectivity index (χ4v) is 3.78. The number of nitrogens with zero attached hydrogens (tertiary/aromatic N) is 1. The SMILES string of the molecule is CCOc1ccccc1Oc1c(C)oc2c3c(ccc2c1=O)OCN(C1CC1)C3. The molecule has 2 aromatic carbocycles. The third-order valence-corrected chi connectivity index (χ3v) is 5.41. The maximum absolute atomic E-state index is 13.3. The Labute approximate surface area is 168 Å². The maximum Gasteiger partial charge on any atom is 0.235 e. The average molecular weight is 393 g/mol. The van der Waals surface area contributed by atoms with Crippen LogP contribution in [-0.2, 0) is 6.54 Å². The molecule has 0 bridgehead atoms. The minimum atomic E-state index is -0.193. The molecule has 0 saturated heterocycles. The summed E-state index contributed by atoms with van der Waals surface area (Å²) in [6.07, 6.45) is 2.40. The van der Waals surface area contributed by atoms with Crippen molar-refractivity contribution in [2.45, 2.75) is 39.3 Å². The second-order valence-electron chi connectivity index (χ2n) is 7.47. The highest BCUT2D eigenvalue weighted by atomic mass is 16.5. The zero-order valence-corrected chi connectivity index (χ0v) is 16.6. The van der Waals surface area contributed by atoms with Crippen LogP contribution in [0.4, 0.5) is 0 Å². The molecule has 6 heteroatoms. The van der Waals surface area contributed by atoms with Crippen LogP contribution in [0.3, 0.4) is 0 Å². The van der Waals surface area contributed by atoms with Gasteiger partial charge in [-0.1, -0.05) is 12.1 Å². The number of hydrogen-bond donors (Lipinski definition) is 0. The predicted octanol–water partition coefficient (Wildman–Crippen LogP) is 4.61. The summed E-state index contributed by atoms with van der Waals surface area (Å²) in [7, 11) is 0. The van der Waals surface area contributed by atoms with Gasteiger partial charge in [0.25, 0.3) is 0 Å². The molecule has 150 valence electrons. The Kier molecular flexibility index (Phi) is 4.43. The average Bonchev–Trinajstić information content (AvgIpc) is 3.57. The van der Waals surface area contributed by atoms with Crippen molar-refractivity contribution in [2.75, 3.05) is 13.3 Å².